The zero-order valence-electron chi connectivity index (χ0n) is 23.1. The first-order chi connectivity index (χ1) is 19.2. The Morgan fingerprint density at radius 2 is 1.73 bits per heavy atom. The first-order valence-electron chi connectivity index (χ1n) is 12.9. The number of rotatable bonds is 7. The highest BCUT2D eigenvalue weighted by atomic mass is 32.2. The average Bonchev–Trinajstić information content (AvgIpc) is 2.89. The van der Waals surface area contributed by atoms with Gasteiger partial charge in [-0.1, -0.05) is 30.8 Å². The van der Waals surface area contributed by atoms with E-state index in [-0.39, 0.29) is 27.8 Å². The van der Waals surface area contributed by atoms with Crippen molar-refractivity contribution in [3.05, 3.63) is 52.1 Å². The van der Waals surface area contributed by atoms with Crippen molar-refractivity contribution >= 4 is 29.6 Å². The largest absolute Gasteiger partial charge is 0.444 e. The first kappa shape index (κ1) is 31.6. The predicted molar refractivity (Wildman–Crippen MR) is 147 cm³/mol. The lowest BCUT2D eigenvalue weighted by atomic mass is 10.00. The average molecular weight is 589 g/mol. The number of primary amides is 1. The third-order valence-electron chi connectivity index (χ3n) is 6.37. The zero-order chi connectivity index (χ0) is 30.5. The van der Waals surface area contributed by atoms with Crippen molar-refractivity contribution in [2.24, 2.45) is 5.73 Å². The molecular formula is C28H31F3N6O3S. The number of anilines is 1. The third-order valence-corrected chi connectivity index (χ3v) is 7.63. The number of alkyl carbamates (subject to hydrolysis) is 1. The number of carbonyl (C=O) groups is 2. The van der Waals surface area contributed by atoms with Gasteiger partial charge in [-0.2, -0.15) is 23.7 Å². The van der Waals surface area contributed by atoms with Crippen LogP contribution in [0.1, 0.15) is 73.6 Å². The summed E-state index contributed by atoms with van der Waals surface area (Å²) in [5, 5.41) is 21.9. The molecule has 0 aliphatic carbocycles. The van der Waals surface area contributed by atoms with E-state index < -0.39 is 34.6 Å². The second kappa shape index (κ2) is 12.7. The van der Waals surface area contributed by atoms with E-state index in [1.165, 1.54) is 12.1 Å². The third kappa shape index (κ3) is 7.82. The summed E-state index contributed by atoms with van der Waals surface area (Å²) < 4.78 is 44.5. The quantitative estimate of drug-likeness (QED) is 0.419. The number of nitrogens with two attached hydrogens (primary N) is 1. The molecule has 41 heavy (non-hydrogen) atoms. The van der Waals surface area contributed by atoms with Gasteiger partial charge < -0.3 is 20.7 Å². The van der Waals surface area contributed by atoms with E-state index in [1.54, 1.807) is 27.7 Å². The maximum Gasteiger partial charge on any atom is 0.416 e. The molecule has 1 aromatic carbocycles. The Morgan fingerprint density at radius 3 is 2.20 bits per heavy atom. The summed E-state index contributed by atoms with van der Waals surface area (Å²) in [6.07, 6.45) is -3.64. The number of carbonyl (C=O) groups excluding carboxylic acids is 2. The number of pyridine rings is 1. The van der Waals surface area contributed by atoms with E-state index in [0.29, 0.717) is 43.7 Å². The Kier molecular flexibility index (Phi) is 9.77. The summed E-state index contributed by atoms with van der Waals surface area (Å²) in [4.78, 5) is 31.1. The molecule has 9 nitrogen and oxygen atoms in total. The van der Waals surface area contributed by atoms with Gasteiger partial charge in [-0.05, 0) is 63.3 Å². The molecular weight excluding hydrogens is 557 g/mol. The minimum absolute atomic E-state index is 0.109. The lowest BCUT2D eigenvalue weighted by Crippen LogP contribution is -2.46. The maximum atomic E-state index is 13.1. The first-order valence-corrected chi connectivity index (χ1v) is 13.8. The molecule has 2 heterocycles. The van der Waals surface area contributed by atoms with Crippen LogP contribution in [0.25, 0.3) is 0 Å². The number of hydrogen-bond donors (Lipinski definition) is 2. The number of hydrogen-bond acceptors (Lipinski definition) is 8. The molecule has 0 saturated carbocycles. The number of nitrogens with one attached hydrogen (secondary N) is 1. The van der Waals surface area contributed by atoms with Gasteiger partial charge in [-0.25, -0.2) is 9.78 Å². The van der Waals surface area contributed by atoms with Gasteiger partial charge in [0.05, 0.1) is 16.7 Å². The highest BCUT2D eigenvalue weighted by molar-refractivity contribution is 8.00. The molecule has 0 spiro atoms. The fourth-order valence-corrected chi connectivity index (χ4v) is 5.51. The van der Waals surface area contributed by atoms with Crippen LogP contribution in [-0.2, 0) is 22.1 Å². The minimum Gasteiger partial charge on any atom is -0.444 e. The molecule has 1 fully saturated rings. The van der Waals surface area contributed by atoms with Crippen LogP contribution in [-0.4, -0.2) is 41.7 Å². The summed E-state index contributed by atoms with van der Waals surface area (Å²) in [7, 11) is 0. The molecule has 1 aromatic heterocycles. The molecule has 0 bridgehead atoms. The summed E-state index contributed by atoms with van der Waals surface area (Å²) in [6, 6.07) is 8.16. The highest BCUT2D eigenvalue weighted by Crippen LogP contribution is 2.40. The van der Waals surface area contributed by atoms with Crippen molar-refractivity contribution in [3.63, 3.8) is 0 Å². The number of halogens is 3. The number of alkyl halides is 3. The normalized spacial score (nSPS) is 15.0. The van der Waals surface area contributed by atoms with Gasteiger partial charge in [-0.3, -0.25) is 4.79 Å². The summed E-state index contributed by atoms with van der Waals surface area (Å²) >= 11 is 0.857. The Labute approximate surface area is 240 Å². The van der Waals surface area contributed by atoms with Gasteiger partial charge in [0.25, 0.3) is 0 Å². The van der Waals surface area contributed by atoms with Gasteiger partial charge in [0.1, 0.15) is 33.8 Å². The van der Waals surface area contributed by atoms with E-state index >= 15 is 0 Å². The predicted octanol–water partition coefficient (Wildman–Crippen LogP) is 5.22. The molecule has 0 radical (unpaired) electrons. The monoisotopic (exact) mass is 588 g/mol. The molecule has 2 amide bonds. The van der Waals surface area contributed by atoms with Crippen LogP contribution < -0.4 is 16.0 Å². The number of aromatic nitrogens is 1. The van der Waals surface area contributed by atoms with Crippen molar-refractivity contribution in [3.8, 4) is 12.1 Å². The Morgan fingerprint density at radius 1 is 1.15 bits per heavy atom. The van der Waals surface area contributed by atoms with E-state index in [0.717, 1.165) is 23.9 Å². The molecule has 13 heteroatoms. The number of benzene rings is 1. The lowest BCUT2D eigenvalue weighted by molar-refractivity contribution is -0.137. The van der Waals surface area contributed by atoms with Crippen molar-refractivity contribution < 1.29 is 27.5 Å². The van der Waals surface area contributed by atoms with Crippen LogP contribution in [0.3, 0.4) is 0 Å². The molecule has 3 N–H and O–H groups in total. The van der Waals surface area contributed by atoms with Gasteiger partial charge in [-0.15, -0.1) is 0 Å². The van der Waals surface area contributed by atoms with Crippen molar-refractivity contribution in [2.45, 2.75) is 75.1 Å². The van der Waals surface area contributed by atoms with Crippen molar-refractivity contribution in [1.29, 1.82) is 10.5 Å². The minimum atomic E-state index is -4.54. The van der Waals surface area contributed by atoms with Crippen LogP contribution in [0.5, 0.6) is 0 Å². The van der Waals surface area contributed by atoms with Crippen LogP contribution in [0, 0.1) is 22.7 Å². The maximum absolute atomic E-state index is 13.1. The van der Waals surface area contributed by atoms with Gasteiger partial charge >= 0.3 is 12.3 Å². The lowest BCUT2D eigenvalue weighted by Gasteiger charge is -2.34. The molecule has 3 rings (SSSR count). The number of amides is 2. The zero-order valence-corrected chi connectivity index (χ0v) is 23.9. The van der Waals surface area contributed by atoms with Crippen LogP contribution in [0.15, 0.2) is 29.3 Å². The second-order valence-electron chi connectivity index (χ2n) is 10.5. The van der Waals surface area contributed by atoms with Crippen LogP contribution >= 0.6 is 11.8 Å². The molecule has 1 aliphatic heterocycles. The van der Waals surface area contributed by atoms with Gasteiger partial charge in [0, 0.05) is 19.1 Å². The fourth-order valence-electron chi connectivity index (χ4n) is 4.46. The second-order valence-corrected chi connectivity index (χ2v) is 11.6. The summed E-state index contributed by atoms with van der Waals surface area (Å²) in [5.74, 6) is -0.490. The van der Waals surface area contributed by atoms with Gasteiger partial charge in [0.2, 0.25) is 5.91 Å². The Bertz CT molecular complexity index is 1370. The molecule has 1 unspecified atom stereocenters. The molecule has 1 saturated heterocycles. The highest BCUT2D eigenvalue weighted by Gasteiger charge is 2.32. The van der Waals surface area contributed by atoms with E-state index in [1.807, 2.05) is 4.90 Å². The Balaban J connectivity index is 1.93. The molecule has 218 valence electrons. The summed E-state index contributed by atoms with van der Waals surface area (Å²) in [5.41, 5.74) is 5.14. The smallest absolute Gasteiger partial charge is 0.416 e. The van der Waals surface area contributed by atoms with Crippen molar-refractivity contribution in [2.75, 3.05) is 18.0 Å². The van der Waals surface area contributed by atoms with Crippen molar-refractivity contribution in [1.82, 2.24) is 10.3 Å². The summed E-state index contributed by atoms with van der Waals surface area (Å²) in [6.45, 7) is 8.00. The number of ether oxygens (including phenoxy) is 1. The van der Waals surface area contributed by atoms with Crippen LogP contribution in [0.2, 0.25) is 0 Å². The molecule has 1 atom stereocenters. The number of nitrogens with zero attached hydrogens (tertiary/aromatic N) is 4. The standard InChI is InChI=1S/C28H31F3N6O3S/c1-5-19-20(14-32)24(37-12-10-18(11-13-37)35-26(39)40-27(2,3)4)36-25(21(19)15-33)41-22(23(34)38)16-6-8-17(9-7-16)28(29,30)31/h6-9,18,22H,5,10-13H2,1-4H3,(H2,34,38)(H,35,39). The molecule has 2 aromatic rings. The number of piperidine rings is 1. The van der Waals surface area contributed by atoms with E-state index in [4.69, 9.17) is 10.5 Å². The van der Waals surface area contributed by atoms with E-state index in [9.17, 15) is 33.3 Å². The topological polar surface area (TPSA) is 145 Å². The Hall–Kier alpha value is -3.97. The number of nitriles is 2. The fraction of sp³-hybridized carbons (Fsp3) is 0.464. The van der Waals surface area contributed by atoms with Gasteiger partial charge in [0.15, 0.2) is 0 Å². The number of thioether (sulfide) groups is 1. The SMILES string of the molecule is CCc1c(C#N)c(SC(C(N)=O)c2ccc(C(F)(F)F)cc2)nc(N2CCC(NC(=O)OC(C)(C)C)CC2)c1C#N. The van der Waals surface area contributed by atoms with E-state index in [2.05, 4.69) is 22.4 Å². The molecule has 1 aliphatic rings. The van der Waals surface area contributed by atoms with Crippen LogP contribution in [0.4, 0.5) is 23.8 Å².